The van der Waals surface area contributed by atoms with Crippen molar-refractivity contribution in [2.45, 2.75) is 6.42 Å². The molecule has 0 radical (unpaired) electrons. The van der Waals surface area contributed by atoms with E-state index in [-0.39, 0.29) is 5.75 Å². The molecule has 0 aliphatic rings. The minimum atomic E-state index is 0.286. The van der Waals surface area contributed by atoms with Gasteiger partial charge in [0.2, 0.25) is 0 Å². The average molecular weight is 328 g/mol. The normalized spacial score (nSPS) is 10.3. The molecule has 3 nitrogen and oxygen atoms in total. The number of aromatic hydroxyl groups is 1. The number of nitrogens with one attached hydrogen (secondary N) is 1. The lowest BCUT2D eigenvalue weighted by molar-refractivity contribution is 0.475. The standard InChI is InChI=1S/C13H12BrClN2O/c14-12-7-10(15)8-17-13(12)16-6-5-9-1-3-11(18)4-2-9/h1-4,7-8,18H,5-6H2,(H,16,17). The Labute approximate surface area is 119 Å². The van der Waals surface area contributed by atoms with E-state index in [2.05, 4.69) is 26.2 Å². The third kappa shape index (κ3) is 3.62. The van der Waals surface area contributed by atoms with E-state index in [0.717, 1.165) is 28.8 Å². The summed E-state index contributed by atoms with van der Waals surface area (Å²) >= 11 is 9.22. The Kier molecular flexibility index (Phi) is 4.44. The molecule has 2 rings (SSSR count). The van der Waals surface area contributed by atoms with Gasteiger partial charge < -0.3 is 10.4 Å². The second-order valence-corrected chi connectivity index (χ2v) is 5.12. The number of anilines is 1. The highest BCUT2D eigenvalue weighted by atomic mass is 79.9. The maximum atomic E-state index is 9.18. The van der Waals surface area contributed by atoms with E-state index in [1.165, 1.54) is 0 Å². The molecule has 0 atom stereocenters. The van der Waals surface area contributed by atoms with Crippen LogP contribution in [0.15, 0.2) is 41.0 Å². The summed E-state index contributed by atoms with van der Waals surface area (Å²) in [5.41, 5.74) is 1.16. The number of phenols is 1. The Morgan fingerprint density at radius 3 is 2.67 bits per heavy atom. The lowest BCUT2D eigenvalue weighted by atomic mass is 10.1. The number of benzene rings is 1. The molecule has 2 aromatic rings. The number of aromatic nitrogens is 1. The summed E-state index contributed by atoms with van der Waals surface area (Å²) in [7, 11) is 0. The van der Waals surface area contributed by atoms with Crippen molar-refractivity contribution in [3.63, 3.8) is 0 Å². The zero-order valence-electron chi connectivity index (χ0n) is 9.53. The molecule has 0 saturated heterocycles. The monoisotopic (exact) mass is 326 g/mol. The zero-order chi connectivity index (χ0) is 13.0. The molecule has 0 fully saturated rings. The molecule has 0 aliphatic heterocycles. The predicted octanol–water partition coefficient (Wildman–Crippen LogP) is 3.86. The fraction of sp³-hybridized carbons (Fsp3) is 0.154. The van der Waals surface area contributed by atoms with Crippen LogP contribution in [0.4, 0.5) is 5.82 Å². The first-order chi connectivity index (χ1) is 8.65. The van der Waals surface area contributed by atoms with Crippen LogP contribution in [0.25, 0.3) is 0 Å². The smallest absolute Gasteiger partial charge is 0.140 e. The van der Waals surface area contributed by atoms with Gasteiger partial charge in [0.15, 0.2) is 0 Å². The molecule has 1 aromatic heterocycles. The predicted molar refractivity (Wildman–Crippen MR) is 77.2 cm³/mol. The zero-order valence-corrected chi connectivity index (χ0v) is 11.9. The van der Waals surface area contributed by atoms with Gasteiger partial charge in [-0.25, -0.2) is 4.98 Å². The fourth-order valence-corrected chi connectivity index (χ4v) is 2.31. The molecule has 5 heteroatoms. The van der Waals surface area contributed by atoms with Crippen LogP contribution in [-0.2, 0) is 6.42 Å². The Morgan fingerprint density at radius 1 is 1.28 bits per heavy atom. The summed E-state index contributed by atoms with van der Waals surface area (Å²) in [6.07, 6.45) is 2.46. The number of rotatable bonds is 4. The van der Waals surface area contributed by atoms with E-state index >= 15 is 0 Å². The molecule has 0 unspecified atom stereocenters. The molecule has 0 amide bonds. The molecule has 0 aliphatic carbocycles. The topological polar surface area (TPSA) is 45.1 Å². The van der Waals surface area contributed by atoms with Gasteiger partial charge in [0.25, 0.3) is 0 Å². The van der Waals surface area contributed by atoms with E-state index in [1.54, 1.807) is 24.4 Å². The highest BCUT2D eigenvalue weighted by Crippen LogP contribution is 2.23. The van der Waals surface area contributed by atoms with E-state index in [4.69, 9.17) is 11.6 Å². The first-order valence-electron chi connectivity index (χ1n) is 5.48. The SMILES string of the molecule is Oc1ccc(CCNc2ncc(Cl)cc2Br)cc1. The number of phenolic OH excluding ortho intramolecular Hbond substituents is 1. The van der Waals surface area contributed by atoms with Gasteiger partial charge in [0, 0.05) is 12.7 Å². The van der Waals surface area contributed by atoms with Crippen molar-refractivity contribution < 1.29 is 5.11 Å². The van der Waals surface area contributed by atoms with Gasteiger partial charge >= 0.3 is 0 Å². The highest BCUT2D eigenvalue weighted by molar-refractivity contribution is 9.10. The fourth-order valence-electron chi connectivity index (χ4n) is 1.53. The number of pyridine rings is 1. The minimum absolute atomic E-state index is 0.286. The highest BCUT2D eigenvalue weighted by Gasteiger charge is 2.01. The summed E-state index contributed by atoms with van der Waals surface area (Å²) in [5, 5.41) is 13.0. The second-order valence-electron chi connectivity index (χ2n) is 3.83. The molecular weight excluding hydrogens is 316 g/mol. The van der Waals surface area contributed by atoms with Crippen molar-refractivity contribution in [3.8, 4) is 5.75 Å². The second kappa shape index (κ2) is 6.07. The summed E-state index contributed by atoms with van der Waals surface area (Å²) in [4.78, 5) is 4.19. The molecular formula is C13H12BrClN2O. The van der Waals surface area contributed by atoms with Crippen LogP contribution < -0.4 is 5.32 Å². The van der Waals surface area contributed by atoms with Gasteiger partial charge in [0.1, 0.15) is 11.6 Å². The number of halogens is 2. The van der Waals surface area contributed by atoms with Crippen molar-refractivity contribution in [1.29, 1.82) is 0 Å². The van der Waals surface area contributed by atoms with Crippen molar-refractivity contribution in [2.75, 3.05) is 11.9 Å². The Hall–Kier alpha value is -1.26. The van der Waals surface area contributed by atoms with Gasteiger partial charge in [-0.05, 0) is 46.1 Å². The van der Waals surface area contributed by atoms with Gasteiger partial charge in [-0.3, -0.25) is 0 Å². The lowest BCUT2D eigenvalue weighted by Crippen LogP contribution is -2.06. The average Bonchev–Trinajstić information content (AvgIpc) is 2.34. The largest absolute Gasteiger partial charge is 0.508 e. The number of hydrogen-bond donors (Lipinski definition) is 2. The molecule has 94 valence electrons. The van der Waals surface area contributed by atoms with Crippen molar-refractivity contribution in [2.24, 2.45) is 0 Å². The van der Waals surface area contributed by atoms with E-state index in [9.17, 15) is 5.11 Å². The molecule has 18 heavy (non-hydrogen) atoms. The third-order valence-corrected chi connectivity index (χ3v) is 3.26. The Balaban J connectivity index is 1.90. The van der Waals surface area contributed by atoms with Crippen molar-refractivity contribution in [3.05, 3.63) is 51.6 Å². The van der Waals surface area contributed by atoms with Crippen molar-refractivity contribution in [1.82, 2.24) is 4.98 Å². The maximum absolute atomic E-state index is 9.18. The molecule has 2 N–H and O–H groups in total. The van der Waals surface area contributed by atoms with E-state index in [0.29, 0.717) is 5.02 Å². The first kappa shape index (κ1) is 13.2. The number of nitrogens with zero attached hydrogens (tertiary/aromatic N) is 1. The van der Waals surface area contributed by atoms with Crippen molar-refractivity contribution >= 4 is 33.3 Å². The van der Waals surface area contributed by atoms with Crippen LogP contribution in [0, 0.1) is 0 Å². The van der Waals surface area contributed by atoms with Crippen LogP contribution in [0.2, 0.25) is 5.02 Å². The molecule has 0 saturated carbocycles. The van der Waals surface area contributed by atoms with Gasteiger partial charge in [0.05, 0.1) is 9.50 Å². The summed E-state index contributed by atoms with van der Waals surface area (Å²) < 4.78 is 0.848. The van der Waals surface area contributed by atoms with Gasteiger partial charge in [-0.15, -0.1) is 0 Å². The van der Waals surface area contributed by atoms with Gasteiger partial charge in [-0.2, -0.15) is 0 Å². The minimum Gasteiger partial charge on any atom is -0.508 e. The Bertz CT molecular complexity index is 531. The van der Waals surface area contributed by atoms with Crippen LogP contribution in [0.5, 0.6) is 5.75 Å². The maximum Gasteiger partial charge on any atom is 0.140 e. The first-order valence-corrected chi connectivity index (χ1v) is 6.65. The summed E-state index contributed by atoms with van der Waals surface area (Å²) in [5.74, 6) is 1.06. The quantitative estimate of drug-likeness (QED) is 0.896. The third-order valence-electron chi connectivity index (χ3n) is 2.45. The number of hydrogen-bond acceptors (Lipinski definition) is 3. The molecule has 1 aromatic carbocycles. The molecule has 0 bridgehead atoms. The van der Waals surface area contributed by atoms with Crippen LogP contribution in [0.1, 0.15) is 5.56 Å². The molecule has 0 spiro atoms. The van der Waals surface area contributed by atoms with E-state index < -0.39 is 0 Å². The summed E-state index contributed by atoms with van der Waals surface area (Å²) in [6.45, 7) is 0.762. The lowest BCUT2D eigenvalue weighted by Gasteiger charge is -2.07. The van der Waals surface area contributed by atoms with Crippen LogP contribution in [-0.4, -0.2) is 16.6 Å². The molecule has 1 heterocycles. The summed E-state index contributed by atoms with van der Waals surface area (Å²) in [6, 6.07) is 8.98. The Morgan fingerprint density at radius 2 is 2.00 bits per heavy atom. The van der Waals surface area contributed by atoms with Gasteiger partial charge in [-0.1, -0.05) is 23.7 Å². The van der Waals surface area contributed by atoms with E-state index in [1.807, 2.05) is 12.1 Å². The van der Waals surface area contributed by atoms with Crippen LogP contribution >= 0.6 is 27.5 Å². The van der Waals surface area contributed by atoms with Crippen LogP contribution in [0.3, 0.4) is 0 Å².